The molecule has 1 unspecified atom stereocenters. The lowest BCUT2D eigenvalue weighted by Crippen LogP contribution is -2.43. The quantitative estimate of drug-likeness (QED) is 0.884. The first-order chi connectivity index (χ1) is 9.56. The summed E-state index contributed by atoms with van der Waals surface area (Å²) in [5, 5.41) is 11.7. The van der Waals surface area contributed by atoms with E-state index in [9.17, 15) is 9.59 Å². The molecule has 1 heterocycles. The molecule has 2 N–H and O–H groups in total. The van der Waals surface area contributed by atoms with Crippen LogP contribution in [0.15, 0.2) is 28.7 Å². The highest BCUT2D eigenvalue weighted by atomic mass is 79.9. The Bertz CT molecular complexity index is 490. The van der Waals surface area contributed by atoms with Gasteiger partial charge in [0.05, 0.1) is 6.42 Å². The van der Waals surface area contributed by atoms with E-state index in [1.54, 1.807) is 4.90 Å². The highest BCUT2D eigenvalue weighted by Gasteiger charge is 2.30. The number of carboxylic acid groups (broad SMARTS) is 1. The first-order valence-electron chi connectivity index (χ1n) is 6.57. The number of rotatable bonds is 4. The fourth-order valence-corrected chi connectivity index (χ4v) is 2.66. The molecule has 0 bridgehead atoms. The molecule has 0 aliphatic carbocycles. The summed E-state index contributed by atoms with van der Waals surface area (Å²) in [6, 6.07) is 7.34. The van der Waals surface area contributed by atoms with E-state index in [4.69, 9.17) is 5.11 Å². The number of nitrogens with one attached hydrogen (secondary N) is 1. The molecule has 5 nitrogen and oxygen atoms in total. The number of aliphatic carboxylic acids is 1. The molecule has 0 spiro atoms. The van der Waals surface area contributed by atoms with Crippen molar-refractivity contribution in [3.05, 3.63) is 34.3 Å². The molecule has 1 atom stereocenters. The van der Waals surface area contributed by atoms with E-state index in [1.165, 1.54) is 0 Å². The van der Waals surface area contributed by atoms with Crippen LogP contribution in [0.4, 0.5) is 4.79 Å². The van der Waals surface area contributed by atoms with Gasteiger partial charge in [-0.2, -0.15) is 0 Å². The number of carbonyl (C=O) groups is 2. The number of carbonyl (C=O) groups excluding carboxylic acids is 1. The molecule has 108 valence electrons. The van der Waals surface area contributed by atoms with E-state index in [1.807, 2.05) is 24.3 Å². The molecule has 0 saturated carbocycles. The second-order valence-electron chi connectivity index (χ2n) is 4.87. The Kier molecular flexibility index (Phi) is 5.00. The maximum Gasteiger partial charge on any atom is 0.317 e. The summed E-state index contributed by atoms with van der Waals surface area (Å²) in [6.45, 7) is 1.08. The SMILES string of the molecule is O=C(O)CC1CCCN1C(=O)NCc1ccc(Br)cc1. The average molecular weight is 341 g/mol. The summed E-state index contributed by atoms with van der Waals surface area (Å²) >= 11 is 3.36. The van der Waals surface area contributed by atoms with Crippen molar-refractivity contribution in [2.75, 3.05) is 6.54 Å². The Morgan fingerprint density at radius 2 is 2.05 bits per heavy atom. The minimum atomic E-state index is -0.859. The summed E-state index contributed by atoms with van der Waals surface area (Å²) in [5.74, 6) is -0.859. The molecule has 1 aromatic carbocycles. The van der Waals surface area contributed by atoms with E-state index in [-0.39, 0.29) is 18.5 Å². The number of urea groups is 1. The van der Waals surface area contributed by atoms with Crippen molar-refractivity contribution in [1.29, 1.82) is 0 Å². The summed E-state index contributed by atoms with van der Waals surface area (Å²) in [4.78, 5) is 24.5. The predicted molar refractivity (Wildman–Crippen MR) is 78.4 cm³/mol. The molecule has 1 saturated heterocycles. The molecule has 1 aliphatic rings. The first kappa shape index (κ1) is 14.8. The summed E-state index contributed by atoms with van der Waals surface area (Å²) in [5.41, 5.74) is 1.01. The Labute approximate surface area is 126 Å². The number of carboxylic acids is 1. The fourth-order valence-electron chi connectivity index (χ4n) is 2.40. The van der Waals surface area contributed by atoms with Crippen molar-refractivity contribution >= 4 is 27.9 Å². The third-order valence-electron chi connectivity index (χ3n) is 3.41. The summed E-state index contributed by atoms with van der Waals surface area (Å²) < 4.78 is 0.994. The van der Waals surface area contributed by atoms with E-state index >= 15 is 0 Å². The number of benzene rings is 1. The van der Waals surface area contributed by atoms with Crippen LogP contribution in [0.1, 0.15) is 24.8 Å². The zero-order valence-corrected chi connectivity index (χ0v) is 12.6. The smallest absolute Gasteiger partial charge is 0.317 e. The van der Waals surface area contributed by atoms with Gasteiger partial charge in [-0.3, -0.25) is 4.79 Å². The van der Waals surface area contributed by atoms with Crippen LogP contribution in [0.2, 0.25) is 0 Å². The standard InChI is InChI=1S/C14H17BrN2O3/c15-11-5-3-10(4-6-11)9-16-14(20)17-7-1-2-12(17)8-13(18)19/h3-6,12H,1-2,7-9H2,(H,16,20)(H,18,19). The zero-order chi connectivity index (χ0) is 14.5. The Hall–Kier alpha value is -1.56. The lowest BCUT2D eigenvalue weighted by molar-refractivity contribution is -0.137. The van der Waals surface area contributed by atoms with Gasteiger partial charge in [-0.1, -0.05) is 28.1 Å². The molecule has 1 aromatic rings. The van der Waals surface area contributed by atoms with Gasteiger partial charge in [0.2, 0.25) is 0 Å². The molecule has 0 radical (unpaired) electrons. The molecular weight excluding hydrogens is 324 g/mol. The molecule has 1 aliphatic heterocycles. The van der Waals surface area contributed by atoms with Crippen molar-refractivity contribution in [3.63, 3.8) is 0 Å². The van der Waals surface area contributed by atoms with Crippen molar-refractivity contribution in [3.8, 4) is 0 Å². The maximum absolute atomic E-state index is 12.1. The van der Waals surface area contributed by atoms with Gasteiger partial charge in [0, 0.05) is 23.6 Å². The van der Waals surface area contributed by atoms with Crippen LogP contribution in [0, 0.1) is 0 Å². The van der Waals surface area contributed by atoms with E-state index in [2.05, 4.69) is 21.2 Å². The normalized spacial score (nSPS) is 18.1. The lowest BCUT2D eigenvalue weighted by atomic mass is 10.1. The lowest BCUT2D eigenvalue weighted by Gasteiger charge is -2.23. The molecule has 1 fully saturated rings. The Morgan fingerprint density at radius 3 is 2.70 bits per heavy atom. The third kappa shape index (κ3) is 3.96. The van der Waals surface area contributed by atoms with Crippen LogP contribution in [0.5, 0.6) is 0 Å². The monoisotopic (exact) mass is 340 g/mol. The molecule has 2 amide bonds. The Morgan fingerprint density at radius 1 is 1.35 bits per heavy atom. The molecule has 0 aromatic heterocycles. The van der Waals surface area contributed by atoms with Gasteiger partial charge < -0.3 is 15.3 Å². The summed E-state index contributed by atoms with van der Waals surface area (Å²) in [6.07, 6.45) is 1.65. The van der Waals surface area contributed by atoms with Gasteiger partial charge in [-0.15, -0.1) is 0 Å². The largest absolute Gasteiger partial charge is 0.481 e. The van der Waals surface area contributed by atoms with Gasteiger partial charge in [-0.05, 0) is 30.5 Å². The average Bonchev–Trinajstić information content (AvgIpc) is 2.85. The van der Waals surface area contributed by atoms with Crippen molar-refractivity contribution in [1.82, 2.24) is 10.2 Å². The second-order valence-corrected chi connectivity index (χ2v) is 5.79. The number of likely N-dealkylation sites (tertiary alicyclic amines) is 1. The minimum Gasteiger partial charge on any atom is -0.481 e. The number of halogens is 1. The van der Waals surface area contributed by atoms with E-state index < -0.39 is 5.97 Å². The van der Waals surface area contributed by atoms with Crippen LogP contribution < -0.4 is 5.32 Å². The maximum atomic E-state index is 12.1. The molecule has 2 rings (SSSR count). The van der Waals surface area contributed by atoms with Crippen LogP contribution in [0.3, 0.4) is 0 Å². The zero-order valence-electron chi connectivity index (χ0n) is 11.0. The van der Waals surface area contributed by atoms with Crippen molar-refractivity contribution < 1.29 is 14.7 Å². The third-order valence-corrected chi connectivity index (χ3v) is 3.93. The van der Waals surface area contributed by atoms with Gasteiger partial charge in [0.15, 0.2) is 0 Å². The number of hydrogen-bond donors (Lipinski definition) is 2. The Balaban J connectivity index is 1.87. The highest BCUT2D eigenvalue weighted by Crippen LogP contribution is 2.20. The van der Waals surface area contributed by atoms with Crippen molar-refractivity contribution in [2.45, 2.75) is 31.8 Å². The van der Waals surface area contributed by atoms with Gasteiger partial charge in [-0.25, -0.2) is 4.79 Å². The van der Waals surface area contributed by atoms with Gasteiger partial charge >= 0.3 is 12.0 Å². The topological polar surface area (TPSA) is 69.6 Å². The molecular formula is C14H17BrN2O3. The molecule has 6 heteroatoms. The highest BCUT2D eigenvalue weighted by molar-refractivity contribution is 9.10. The van der Waals surface area contributed by atoms with Gasteiger partial charge in [0.1, 0.15) is 0 Å². The van der Waals surface area contributed by atoms with Gasteiger partial charge in [0.25, 0.3) is 0 Å². The number of amides is 2. The summed E-state index contributed by atoms with van der Waals surface area (Å²) in [7, 11) is 0. The van der Waals surface area contributed by atoms with Crippen molar-refractivity contribution in [2.24, 2.45) is 0 Å². The van der Waals surface area contributed by atoms with Crippen LogP contribution in [-0.2, 0) is 11.3 Å². The molecule has 20 heavy (non-hydrogen) atoms. The minimum absolute atomic E-state index is 0.0195. The second kappa shape index (κ2) is 6.74. The number of hydrogen-bond acceptors (Lipinski definition) is 2. The van der Waals surface area contributed by atoms with Crippen LogP contribution >= 0.6 is 15.9 Å². The number of nitrogens with zero attached hydrogens (tertiary/aromatic N) is 1. The van der Waals surface area contributed by atoms with Crippen LogP contribution in [-0.4, -0.2) is 34.6 Å². The first-order valence-corrected chi connectivity index (χ1v) is 7.36. The van der Waals surface area contributed by atoms with E-state index in [0.717, 1.165) is 22.9 Å². The van der Waals surface area contributed by atoms with E-state index in [0.29, 0.717) is 13.1 Å². The van der Waals surface area contributed by atoms with Crippen LogP contribution in [0.25, 0.3) is 0 Å². The fraction of sp³-hybridized carbons (Fsp3) is 0.429. The predicted octanol–water partition coefficient (Wildman–Crippen LogP) is 2.60.